The first-order valence-electron chi connectivity index (χ1n) is 5.20. The van der Waals surface area contributed by atoms with Crippen LogP contribution in [0, 0.1) is 0 Å². The van der Waals surface area contributed by atoms with Gasteiger partial charge in [-0.2, -0.15) is 0 Å². The Labute approximate surface area is 99.2 Å². The maximum atomic E-state index is 11.0. The fourth-order valence-corrected chi connectivity index (χ4v) is 1.93. The van der Waals surface area contributed by atoms with Crippen LogP contribution in [0.15, 0.2) is 0 Å². The lowest BCUT2D eigenvalue weighted by Crippen LogP contribution is -2.59. The number of methoxy groups -OCH3 is 2. The minimum Gasteiger partial charge on any atom is -0.465 e. The van der Waals surface area contributed by atoms with Gasteiger partial charge in [-0.3, -0.25) is 4.79 Å². The summed E-state index contributed by atoms with van der Waals surface area (Å²) < 4.78 is 15.6. The Hall–Kier alpha value is -1.34. The zero-order chi connectivity index (χ0) is 13.1. The number of hydrogen-bond donors (Lipinski definition) is 1. The number of hydrogen-bond acceptors (Lipinski definition) is 5. The van der Waals surface area contributed by atoms with Gasteiger partial charge < -0.3 is 24.2 Å². The summed E-state index contributed by atoms with van der Waals surface area (Å²) in [5.41, 5.74) is 0. The highest BCUT2D eigenvalue weighted by molar-refractivity contribution is 5.67. The van der Waals surface area contributed by atoms with Gasteiger partial charge in [-0.25, -0.2) is 4.79 Å². The molecule has 0 aromatic carbocycles. The van der Waals surface area contributed by atoms with Crippen LogP contribution in [0.3, 0.4) is 0 Å². The monoisotopic (exact) mass is 247 g/mol. The van der Waals surface area contributed by atoms with Crippen LogP contribution in [0.4, 0.5) is 4.79 Å². The summed E-state index contributed by atoms with van der Waals surface area (Å²) >= 11 is 0. The number of amides is 1. The molecule has 0 aromatic rings. The molecule has 1 unspecified atom stereocenters. The van der Waals surface area contributed by atoms with Gasteiger partial charge in [-0.1, -0.05) is 0 Å². The van der Waals surface area contributed by atoms with Crippen molar-refractivity contribution in [2.75, 3.05) is 27.3 Å². The van der Waals surface area contributed by atoms with Crippen LogP contribution >= 0.6 is 0 Å². The normalized spacial score (nSPS) is 23.2. The molecule has 17 heavy (non-hydrogen) atoms. The van der Waals surface area contributed by atoms with Crippen molar-refractivity contribution in [3.63, 3.8) is 0 Å². The van der Waals surface area contributed by atoms with Gasteiger partial charge in [0.25, 0.3) is 0 Å². The smallest absolute Gasteiger partial charge is 0.407 e. The van der Waals surface area contributed by atoms with E-state index in [0.717, 1.165) is 0 Å². The van der Waals surface area contributed by atoms with Crippen LogP contribution in [0.1, 0.15) is 13.3 Å². The van der Waals surface area contributed by atoms with E-state index in [1.54, 1.807) is 0 Å². The van der Waals surface area contributed by atoms with Gasteiger partial charge in [0.2, 0.25) is 5.79 Å². The molecule has 0 radical (unpaired) electrons. The van der Waals surface area contributed by atoms with Crippen LogP contribution < -0.4 is 0 Å². The molecular weight excluding hydrogens is 230 g/mol. The van der Waals surface area contributed by atoms with Gasteiger partial charge in [0.15, 0.2) is 6.10 Å². The number of ether oxygens (including phenoxy) is 3. The van der Waals surface area contributed by atoms with E-state index >= 15 is 0 Å². The molecule has 0 bridgehead atoms. The zero-order valence-corrected chi connectivity index (χ0v) is 10.1. The van der Waals surface area contributed by atoms with E-state index in [-0.39, 0.29) is 13.1 Å². The van der Waals surface area contributed by atoms with Crippen molar-refractivity contribution < 1.29 is 28.9 Å². The Kier molecular flexibility index (Phi) is 4.30. The second-order valence-electron chi connectivity index (χ2n) is 3.80. The molecule has 1 atom stereocenters. The summed E-state index contributed by atoms with van der Waals surface area (Å²) in [7, 11) is 2.88. The second-order valence-corrected chi connectivity index (χ2v) is 3.80. The largest absolute Gasteiger partial charge is 0.465 e. The molecule has 1 aliphatic rings. The molecule has 0 spiro atoms. The fraction of sp³-hybridized carbons (Fsp3) is 0.800. The third-order valence-corrected chi connectivity index (χ3v) is 2.88. The Bertz CT molecular complexity index is 301. The van der Waals surface area contributed by atoms with Crippen molar-refractivity contribution in [1.29, 1.82) is 0 Å². The number of esters is 1. The number of nitrogens with zero attached hydrogens (tertiary/aromatic N) is 1. The first kappa shape index (κ1) is 13.7. The third-order valence-electron chi connectivity index (χ3n) is 2.88. The van der Waals surface area contributed by atoms with E-state index in [0.29, 0.717) is 6.42 Å². The van der Waals surface area contributed by atoms with E-state index in [1.807, 2.05) is 0 Å². The number of carbonyl (C=O) groups excluding carboxylic acids is 1. The number of piperidine rings is 1. The van der Waals surface area contributed by atoms with Crippen molar-refractivity contribution in [2.45, 2.75) is 25.2 Å². The number of likely N-dealkylation sites (tertiary alicyclic amines) is 1. The Balaban J connectivity index is 2.85. The average Bonchev–Trinajstić information content (AvgIpc) is 2.28. The lowest BCUT2D eigenvalue weighted by atomic mass is 10.00. The van der Waals surface area contributed by atoms with Gasteiger partial charge in [0, 0.05) is 34.1 Å². The van der Waals surface area contributed by atoms with Gasteiger partial charge in [0.1, 0.15) is 0 Å². The Morgan fingerprint density at radius 2 is 1.94 bits per heavy atom. The van der Waals surface area contributed by atoms with Crippen LogP contribution in [0.25, 0.3) is 0 Å². The third kappa shape index (κ3) is 2.86. The first-order chi connectivity index (χ1) is 7.95. The summed E-state index contributed by atoms with van der Waals surface area (Å²) in [6.45, 7) is 1.57. The number of rotatable bonds is 3. The van der Waals surface area contributed by atoms with E-state index in [9.17, 15) is 9.59 Å². The molecule has 0 saturated carbocycles. The van der Waals surface area contributed by atoms with Crippen molar-refractivity contribution in [2.24, 2.45) is 0 Å². The summed E-state index contributed by atoms with van der Waals surface area (Å²) in [4.78, 5) is 23.1. The molecule has 1 fully saturated rings. The second kappa shape index (κ2) is 5.33. The minimum absolute atomic E-state index is 0.0383. The molecule has 1 aliphatic heterocycles. The molecule has 7 heteroatoms. The molecule has 7 nitrogen and oxygen atoms in total. The SMILES string of the molecule is COC1(OC)CCN(C(=O)O)CC1OC(C)=O. The predicted molar refractivity (Wildman–Crippen MR) is 56.5 cm³/mol. The number of carboxylic acid groups (broad SMARTS) is 1. The van der Waals surface area contributed by atoms with Crippen molar-refractivity contribution in [1.82, 2.24) is 4.90 Å². The van der Waals surface area contributed by atoms with Crippen molar-refractivity contribution in [3.8, 4) is 0 Å². The van der Waals surface area contributed by atoms with E-state index in [2.05, 4.69) is 0 Å². The molecule has 1 heterocycles. The quantitative estimate of drug-likeness (QED) is 0.570. The lowest BCUT2D eigenvalue weighted by molar-refractivity contribution is -0.280. The highest BCUT2D eigenvalue weighted by Crippen LogP contribution is 2.29. The molecular formula is C10H17NO6. The van der Waals surface area contributed by atoms with Crippen LogP contribution in [0.5, 0.6) is 0 Å². The summed E-state index contributed by atoms with van der Waals surface area (Å²) in [6, 6.07) is 0. The topological polar surface area (TPSA) is 85.3 Å². The Morgan fingerprint density at radius 1 is 1.35 bits per heavy atom. The van der Waals surface area contributed by atoms with Crippen molar-refractivity contribution >= 4 is 12.1 Å². The molecule has 1 amide bonds. The first-order valence-corrected chi connectivity index (χ1v) is 5.20. The van der Waals surface area contributed by atoms with Gasteiger partial charge >= 0.3 is 12.1 Å². The number of carbonyl (C=O) groups is 2. The molecule has 98 valence electrons. The predicted octanol–water partition coefficient (Wildman–Crippen LogP) is 0.291. The summed E-state index contributed by atoms with van der Waals surface area (Å²) in [5.74, 6) is -1.57. The molecule has 1 rings (SSSR count). The molecule has 0 aliphatic carbocycles. The molecule has 1 N–H and O–H groups in total. The minimum atomic E-state index is -1.07. The lowest BCUT2D eigenvalue weighted by Gasteiger charge is -2.43. The highest BCUT2D eigenvalue weighted by atomic mass is 16.7. The van der Waals surface area contributed by atoms with Crippen LogP contribution in [-0.2, 0) is 19.0 Å². The fourth-order valence-electron chi connectivity index (χ4n) is 1.93. The Morgan fingerprint density at radius 3 is 2.35 bits per heavy atom. The van der Waals surface area contributed by atoms with E-state index in [1.165, 1.54) is 26.0 Å². The van der Waals surface area contributed by atoms with Gasteiger partial charge in [-0.05, 0) is 0 Å². The average molecular weight is 247 g/mol. The molecule has 1 saturated heterocycles. The van der Waals surface area contributed by atoms with Crippen molar-refractivity contribution in [3.05, 3.63) is 0 Å². The van der Waals surface area contributed by atoms with Crippen LogP contribution in [-0.4, -0.2) is 61.3 Å². The van der Waals surface area contributed by atoms with E-state index < -0.39 is 24.0 Å². The maximum absolute atomic E-state index is 11.0. The molecule has 0 aromatic heterocycles. The van der Waals surface area contributed by atoms with E-state index in [4.69, 9.17) is 19.3 Å². The standard InChI is InChI=1S/C10H17NO6/c1-7(12)17-8-6-11(9(13)14)5-4-10(8,15-2)16-3/h8H,4-6H2,1-3H3,(H,13,14). The summed E-state index contributed by atoms with van der Waals surface area (Å²) in [5, 5.41) is 8.91. The van der Waals surface area contributed by atoms with Gasteiger partial charge in [-0.15, -0.1) is 0 Å². The zero-order valence-electron chi connectivity index (χ0n) is 10.1. The summed E-state index contributed by atoms with van der Waals surface area (Å²) in [6.07, 6.45) is -1.51. The van der Waals surface area contributed by atoms with Gasteiger partial charge in [0.05, 0.1) is 6.54 Å². The van der Waals surface area contributed by atoms with Crippen LogP contribution in [0.2, 0.25) is 0 Å². The maximum Gasteiger partial charge on any atom is 0.407 e. The highest BCUT2D eigenvalue weighted by Gasteiger charge is 2.47.